The summed E-state index contributed by atoms with van der Waals surface area (Å²) in [5.41, 5.74) is 3.76. The first kappa shape index (κ1) is 12.0. The molecule has 0 atom stereocenters. The minimum absolute atomic E-state index is 0.0536. The van der Waals surface area contributed by atoms with E-state index in [9.17, 15) is 4.79 Å². The Morgan fingerprint density at radius 1 is 1.27 bits per heavy atom. The van der Waals surface area contributed by atoms with Crippen molar-refractivity contribution in [2.45, 2.75) is 46.5 Å². The van der Waals surface area contributed by atoms with E-state index in [1.807, 2.05) is 0 Å². The highest BCUT2D eigenvalue weighted by Gasteiger charge is 2.24. The SMILES string of the molecule is CC(=O)CC(C)(C)c1cc(C)ccc1C. The van der Waals surface area contributed by atoms with E-state index in [4.69, 9.17) is 0 Å². The van der Waals surface area contributed by atoms with Gasteiger partial charge in [-0.2, -0.15) is 0 Å². The maximum atomic E-state index is 11.2. The summed E-state index contributed by atoms with van der Waals surface area (Å²) in [6.07, 6.45) is 0.608. The lowest BCUT2D eigenvalue weighted by Gasteiger charge is -2.26. The smallest absolute Gasteiger partial charge is 0.130 e. The lowest BCUT2D eigenvalue weighted by atomic mass is 9.78. The van der Waals surface area contributed by atoms with Gasteiger partial charge in [0.2, 0.25) is 0 Å². The average Bonchev–Trinajstić information content (AvgIpc) is 2.06. The van der Waals surface area contributed by atoms with Gasteiger partial charge in [0, 0.05) is 6.42 Å². The summed E-state index contributed by atoms with van der Waals surface area (Å²) < 4.78 is 0. The molecule has 0 aromatic heterocycles. The molecule has 0 saturated heterocycles. The van der Waals surface area contributed by atoms with E-state index in [1.165, 1.54) is 16.7 Å². The van der Waals surface area contributed by atoms with Crippen LogP contribution in [0, 0.1) is 13.8 Å². The average molecular weight is 204 g/mol. The molecule has 0 aliphatic rings. The third-order valence-corrected chi connectivity index (χ3v) is 2.81. The second-order valence-corrected chi connectivity index (χ2v) is 5.08. The number of benzene rings is 1. The van der Waals surface area contributed by atoms with Gasteiger partial charge in [0.25, 0.3) is 0 Å². The highest BCUT2D eigenvalue weighted by Crippen LogP contribution is 2.30. The van der Waals surface area contributed by atoms with Gasteiger partial charge < -0.3 is 0 Å². The zero-order valence-electron chi connectivity index (χ0n) is 10.3. The molecule has 1 rings (SSSR count). The van der Waals surface area contributed by atoms with Gasteiger partial charge in [0.05, 0.1) is 0 Å². The van der Waals surface area contributed by atoms with Crippen LogP contribution in [0.4, 0.5) is 0 Å². The number of carbonyl (C=O) groups is 1. The fourth-order valence-corrected chi connectivity index (χ4v) is 2.18. The van der Waals surface area contributed by atoms with Crippen molar-refractivity contribution >= 4 is 5.78 Å². The van der Waals surface area contributed by atoms with E-state index < -0.39 is 0 Å². The fourth-order valence-electron chi connectivity index (χ4n) is 2.18. The molecule has 15 heavy (non-hydrogen) atoms. The minimum atomic E-state index is -0.0536. The molecule has 0 unspecified atom stereocenters. The second-order valence-electron chi connectivity index (χ2n) is 5.08. The standard InChI is InChI=1S/C14H20O/c1-10-6-7-11(2)13(8-10)14(4,5)9-12(3)15/h6-8H,9H2,1-5H3. The molecule has 0 fully saturated rings. The Labute approximate surface area is 92.5 Å². The van der Waals surface area contributed by atoms with Gasteiger partial charge in [-0.15, -0.1) is 0 Å². The molecule has 0 spiro atoms. The van der Waals surface area contributed by atoms with Gasteiger partial charge in [-0.1, -0.05) is 37.6 Å². The quantitative estimate of drug-likeness (QED) is 0.735. The Bertz CT molecular complexity index is 375. The van der Waals surface area contributed by atoms with Gasteiger partial charge in [-0.05, 0) is 37.3 Å². The highest BCUT2D eigenvalue weighted by molar-refractivity contribution is 5.77. The van der Waals surface area contributed by atoms with E-state index >= 15 is 0 Å². The van der Waals surface area contributed by atoms with Crippen LogP contribution in [0.3, 0.4) is 0 Å². The van der Waals surface area contributed by atoms with Crippen LogP contribution < -0.4 is 0 Å². The molecule has 0 bridgehead atoms. The van der Waals surface area contributed by atoms with E-state index in [0.717, 1.165) is 0 Å². The first-order valence-electron chi connectivity index (χ1n) is 5.40. The van der Waals surface area contributed by atoms with Gasteiger partial charge >= 0.3 is 0 Å². The van der Waals surface area contributed by atoms with Crippen LogP contribution >= 0.6 is 0 Å². The Hall–Kier alpha value is -1.11. The number of aryl methyl sites for hydroxylation is 2. The van der Waals surface area contributed by atoms with Gasteiger partial charge in [0.1, 0.15) is 5.78 Å². The normalized spacial score (nSPS) is 11.5. The van der Waals surface area contributed by atoms with Crippen LogP contribution in [0.1, 0.15) is 43.9 Å². The zero-order valence-corrected chi connectivity index (χ0v) is 10.3. The number of rotatable bonds is 3. The summed E-state index contributed by atoms with van der Waals surface area (Å²) in [5, 5.41) is 0. The largest absolute Gasteiger partial charge is 0.300 e. The van der Waals surface area contributed by atoms with Crippen molar-refractivity contribution < 1.29 is 4.79 Å². The Morgan fingerprint density at radius 2 is 1.87 bits per heavy atom. The van der Waals surface area contributed by atoms with Crippen LogP contribution in [0.15, 0.2) is 18.2 Å². The molecule has 0 N–H and O–H groups in total. The number of hydrogen-bond acceptors (Lipinski definition) is 1. The van der Waals surface area contributed by atoms with E-state index in [2.05, 4.69) is 45.9 Å². The molecule has 0 amide bonds. The van der Waals surface area contributed by atoms with Crippen molar-refractivity contribution in [1.29, 1.82) is 0 Å². The number of ketones is 1. The lowest BCUT2D eigenvalue weighted by Crippen LogP contribution is -2.22. The van der Waals surface area contributed by atoms with Crippen molar-refractivity contribution in [2.75, 3.05) is 0 Å². The zero-order chi connectivity index (χ0) is 11.6. The van der Waals surface area contributed by atoms with Crippen molar-refractivity contribution in [3.05, 3.63) is 34.9 Å². The molecule has 1 nitrogen and oxygen atoms in total. The summed E-state index contributed by atoms with van der Waals surface area (Å²) >= 11 is 0. The summed E-state index contributed by atoms with van der Waals surface area (Å²) in [7, 11) is 0. The van der Waals surface area contributed by atoms with Crippen molar-refractivity contribution in [1.82, 2.24) is 0 Å². The molecule has 0 radical (unpaired) electrons. The molecule has 0 aliphatic carbocycles. The Morgan fingerprint density at radius 3 is 2.40 bits per heavy atom. The van der Waals surface area contributed by atoms with Gasteiger partial charge in [0.15, 0.2) is 0 Å². The summed E-state index contributed by atoms with van der Waals surface area (Å²) in [6.45, 7) is 10.1. The van der Waals surface area contributed by atoms with Gasteiger partial charge in [-0.25, -0.2) is 0 Å². The van der Waals surface area contributed by atoms with Gasteiger partial charge in [-0.3, -0.25) is 4.79 Å². The minimum Gasteiger partial charge on any atom is -0.300 e. The van der Waals surface area contributed by atoms with E-state index in [1.54, 1.807) is 6.92 Å². The van der Waals surface area contributed by atoms with Crippen LogP contribution in [0.2, 0.25) is 0 Å². The third-order valence-electron chi connectivity index (χ3n) is 2.81. The molecular weight excluding hydrogens is 184 g/mol. The predicted molar refractivity (Wildman–Crippen MR) is 64.2 cm³/mol. The Kier molecular flexibility index (Phi) is 3.33. The predicted octanol–water partition coefficient (Wildman–Crippen LogP) is 3.56. The maximum absolute atomic E-state index is 11.2. The topological polar surface area (TPSA) is 17.1 Å². The molecule has 1 heteroatoms. The second kappa shape index (κ2) is 4.18. The van der Waals surface area contributed by atoms with E-state index in [0.29, 0.717) is 6.42 Å². The van der Waals surface area contributed by atoms with Crippen LogP contribution in [-0.2, 0) is 10.2 Å². The molecular formula is C14H20O. The van der Waals surface area contributed by atoms with Crippen molar-refractivity contribution in [2.24, 2.45) is 0 Å². The molecule has 0 heterocycles. The van der Waals surface area contributed by atoms with Crippen LogP contribution in [-0.4, -0.2) is 5.78 Å². The van der Waals surface area contributed by atoms with Crippen molar-refractivity contribution in [3.63, 3.8) is 0 Å². The molecule has 82 valence electrons. The summed E-state index contributed by atoms with van der Waals surface area (Å²) in [5.74, 6) is 0.251. The highest BCUT2D eigenvalue weighted by atomic mass is 16.1. The van der Waals surface area contributed by atoms with Crippen LogP contribution in [0.25, 0.3) is 0 Å². The molecule has 1 aromatic carbocycles. The molecule has 0 aliphatic heterocycles. The van der Waals surface area contributed by atoms with Crippen molar-refractivity contribution in [3.8, 4) is 0 Å². The Balaban J connectivity index is 3.13. The monoisotopic (exact) mass is 204 g/mol. The number of hydrogen-bond donors (Lipinski definition) is 0. The first-order valence-corrected chi connectivity index (χ1v) is 5.40. The van der Waals surface area contributed by atoms with Crippen LogP contribution in [0.5, 0.6) is 0 Å². The number of carbonyl (C=O) groups excluding carboxylic acids is 1. The molecule has 1 aromatic rings. The van der Waals surface area contributed by atoms with E-state index in [-0.39, 0.29) is 11.2 Å². The third kappa shape index (κ3) is 2.92. The molecule has 0 saturated carbocycles. The summed E-state index contributed by atoms with van der Waals surface area (Å²) in [4.78, 5) is 11.2. The fraction of sp³-hybridized carbons (Fsp3) is 0.500. The first-order chi connectivity index (χ1) is 6.83. The maximum Gasteiger partial charge on any atom is 0.130 e. The lowest BCUT2D eigenvalue weighted by molar-refractivity contribution is -0.118. The summed E-state index contributed by atoms with van der Waals surface area (Å²) in [6, 6.07) is 6.44. The number of Topliss-reactive ketones (excluding diaryl/α,β-unsaturated/α-hetero) is 1.